The molecular formula is C23H32N4O3. The van der Waals surface area contributed by atoms with Gasteiger partial charge in [0.2, 0.25) is 5.95 Å². The molecule has 3 rings (SSSR count). The summed E-state index contributed by atoms with van der Waals surface area (Å²) >= 11 is 0. The van der Waals surface area contributed by atoms with E-state index in [1.807, 2.05) is 24.3 Å². The number of aliphatic hydroxyl groups excluding tert-OH is 1. The normalized spacial score (nSPS) is 14.6. The first kappa shape index (κ1) is 22.0. The van der Waals surface area contributed by atoms with Crippen LogP contribution in [0, 0.1) is 5.92 Å². The molecule has 1 aliphatic rings. The second-order valence-corrected chi connectivity index (χ2v) is 8.45. The molecule has 7 nitrogen and oxygen atoms in total. The highest BCUT2D eigenvalue weighted by molar-refractivity contribution is 5.89. The van der Waals surface area contributed by atoms with Crippen molar-refractivity contribution >= 4 is 17.7 Å². The monoisotopic (exact) mass is 412 g/mol. The van der Waals surface area contributed by atoms with Gasteiger partial charge in [-0.3, -0.25) is 0 Å². The fourth-order valence-corrected chi connectivity index (χ4v) is 3.56. The number of benzene rings is 1. The summed E-state index contributed by atoms with van der Waals surface area (Å²) in [5.74, 6) is 1.64. The fraction of sp³-hybridized carbons (Fsp3) is 0.522. The Balaban J connectivity index is 1.87. The second kappa shape index (κ2) is 9.43. The molecule has 7 heteroatoms. The maximum Gasteiger partial charge on any atom is 0.337 e. The highest BCUT2D eigenvalue weighted by Gasteiger charge is 2.22. The Morgan fingerprint density at radius 2 is 1.97 bits per heavy atom. The molecule has 0 amide bonds. The van der Waals surface area contributed by atoms with E-state index >= 15 is 0 Å². The predicted octanol–water partition coefficient (Wildman–Crippen LogP) is 3.38. The number of hydrogen-bond acceptors (Lipinski definition) is 7. The molecule has 2 heterocycles. The van der Waals surface area contributed by atoms with Crippen molar-refractivity contribution in [3.63, 3.8) is 0 Å². The molecule has 0 aliphatic carbocycles. The summed E-state index contributed by atoms with van der Waals surface area (Å²) in [5.41, 5.74) is 3.91. The number of anilines is 2. The van der Waals surface area contributed by atoms with E-state index in [0.717, 1.165) is 31.0 Å². The van der Waals surface area contributed by atoms with Crippen molar-refractivity contribution in [2.75, 3.05) is 30.5 Å². The minimum Gasteiger partial charge on any atom is -0.465 e. The Labute approximate surface area is 178 Å². The topological polar surface area (TPSA) is 87.6 Å². The van der Waals surface area contributed by atoms with Crippen molar-refractivity contribution in [2.24, 2.45) is 5.92 Å². The number of nitrogens with zero attached hydrogens (tertiary/aromatic N) is 3. The zero-order chi connectivity index (χ0) is 21.8. The van der Waals surface area contributed by atoms with E-state index in [1.54, 1.807) is 0 Å². The highest BCUT2D eigenvalue weighted by Crippen LogP contribution is 2.27. The van der Waals surface area contributed by atoms with Crippen LogP contribution in [0.3, 0.4) is 0 Å². The van der Waals surface area contributed by atoms with Crippen LogP contribution in [0.4, 0.5) is 11.8 Å². The summed E-state index contributed by atoms with van der Waals surface area (Å²) in [6, 6.07) is 7.69. The number of rotatable bonds is 7. The van der Waals surface area contributed by atoms with Gasteiger partial charge in [0.15, 0.2) is 0 Å². The summed E-state index contributed by atoms with van der Waals surface area (Å²) in [6.45, 7) is 9.90. The maximum atomic E-state index is 11.8. The van der Waals surface area contributed by atoms with Gasteiger partial charge in [-0.25, -0.2) is 9.78 Å². The molecule has 0 fully saturated rings. The lowest BCUT2D eigenvalue weighted by atomic mass is 9.97. The molecular weight excluding hydrogens is 380 g/mol. The lowest BCUT2D eigenvalue weighted by Gasteiger charge is -2.31. The number of aromatic nitrogens is 2. The number of ether oxygens (including phenoxy) is 1. The molecule has 30 heavy (non-hydrogen) atoms. The number of esters is 1. The van der Waals surface area contributed by atoms with Gasteiger partial charge in [-0.15, -0.1) is 0 Å². The van der Waals surface area contributed by atoms with Crippen LogP contribution in [0.25, 0.3) is 0 Å². The average Bonchev–Trinajstić information content (AvgIpc) is 2.75. The third kappa shape index (κ3) is 4.90. The van der Waals surface area contributed by atoms with Crippen molar-refractivity contribution in [2.45, 2.75) is 52.6 Å². The van der Waals surface area contributed by atoms with Crippen molar-refractivity contribution in [3.05, 3.63) is 46.6 Å². The van der Waals surface area contributed by atoms with Crippen LogP contribution in [-0.4, -0.2) is 47.3 Å². The first-order chi connectivity index (χ1) is 14.3. The van der Waals surface area contributed by atoms with Gasteiger partial charge in [-0.2, -0.15) is 4.98 Å². The Morgan fingerprint density at radius 1 is 1.20 bits per heavy atom. The number of fused-ring (bicyclic) bond motifs is 1. The molecule has 0 saturated heterocycles. The Hall–Kier alpha value is -2.67. The average molecular weight is 413 g/mol. The number of carbonyl (C=O) groups is 1. The first-order valence-electron chi connectivity index (χ1n) is 10.5. The van der Waals surface area contributed by atoms with E-state index in [9.17, 15) is 9.90 Å². The van der Waals surface area contributed by atoms with Gasteiger partial charge < -0.3 is 20.1 Å². The number of nitrogens with one attached hydrogen (secondary N) is 1. The van der Waals surface area contributed by atoms with E-state index in [0.29, 0.717) is 11.5 Å². The molecule has 0 saturated carbocycles. The summed E-state index contributed by atoms with van der Waals surface area (Å²) < 4.78 is 4.83. The molecule has 1 atom stereocenters. The summed E-state index contributed by atoms with van der Waals surface area (Å²) in [5, 5.41) is 13.0. The lowest BCUT2D eigenvalue weighted by molar-refractivity contribution is 0.0600. The third-order valence-corrected chi connectivity index (χ3v) is 5.60. The van der Waals surface area contributed by atoms with Crippen LogP contribution in [-0.2, 0) is 17.7 Å². The third-order valence-electron chi connectivity index (χ3n) is 5.60. The first-order valence-corrected chi connectivity index (χ1v) is 10.5. The fourth-order valence-electron chi connectivity index (χ4n) is 3.56. The molecule has 1 aliphatic heterocycles. The van der Waals surface area contributed by atoms with Gasteiger partial charge in [-0.1, -0.05) is 33.8 Å². The van der Waals surface area contributed by atoms with Crippen LogP contribution in [0.5, 0.6) is 0 Å². The number of carbonyl (C=O) groups excluding carboxylic acids is 1. The van der Waals surface area contributed by atoms with Gasteiger partial charge in [0, 0.05) is 19.2 Å². The van der Waals surface area contributed by atoms with Crippen LogP contribution in [0.2, 0.25) is 0 Å². The van der Waals surface area contributed by atoms with Crippen molar-refractivity contribution in [1.29, 1.82) is 0 Å². The van der Waals surface area contributed by atoms with Crippen molar-refractivity contribution < 1.29 is 14.6 Å². The van der Waals surface area contributed by atoms with Crippen LogP contribution in [0.1, 0.15) is 60.8 Å². The van der Waals surface area contributed by atoms with E-state index < -0.39 is 0 Å². The molecule has 0 spiro atoms. The summed E-state index contributed by atoms with van der Waals surface area (Å²) in [4.78, 5) is 23.5. The SMILES string of the molecule is COC(=O)c1ccc2c(c1)CCN(c1cc(C(C)C)nc(N[C@H](CO)C(C)C)n1)C2. The van der Waals surface area contributed by atoms with E-state index in [-0.39, 0.29) is 30.5 Å². The zero-order valence-electron chi connectivity index (χ0n) is 18.5. The zero-order valence-corrected chi connectivity index (χ0v) is 18.5. The van der Waals surface area contributed by atoms with Crippen LogP contribution in [0.15, 0.2) is 24.3 Å². The Bertz CT molecular complexity index is 898. The molecule has 0 unspecified atom stereocenters. The second-order valence-electron chi connectivity index (χ2n) is 8.45. The van der Waals surface area contributed by atoms with E-state index in [2.05, 4.69) is 42.9 Å². The van der Waals surface area contributed by atoms with Crippen molar-refractivity contribution in [1.82, 2.24) is 9.97 Å². The largest absolute Gasteiger partial charge is 0.465 e. The quantitative estimate of drug-likeness (QED) is 0.674. The Morgan fingerprint density at radius 3 is 2.60 bits per heavy atom. The summed E-state index contributed by atoms with van der Waals surface area (Å²) in [6.07, 6.45) is 0.829. The summed E-state index contributed by atoms with van der Waals surface area (Å²) in [7, 11) is 1.40. The minimum absolute atomic E-state index is 0.0296. The Kier molecular flexibility index (Phi) is 6.92. The number of hydrogen-bond donors (Lipinski definition) is 2. The molecule has 1 aromatic heterocycles. The van der Waals surface area contributed by atoms with Gasteiger partial charge >= 0.3 is 5.97 Å². The predicted molar refractivity (Wildman–Crippen MR) is 118 cm³/mol. The van der Waals surface area contributed by atoms with Crippen LogP contribution >= 0.6 is 0 Å². The molecule has 1 aromatic carbocycles. The smallest absolute Gasteiger partial charge is 0.337 e. The van der Waals surface area contributed by atoms with Gasteiger partial charge in [0.05, 0.1) is 31.0 Å². The maximum absolute atomic E-state index is 11.8. The highest BCUT2D eigenvalue weighted by atomic mass is 16.5. The van der Waals surface area contributed by atoms with Gasteiger partial charge in [-0.05, 0) is 41.5 Å². The van der Waals surface area contributed by atoms with E-state index in [4.69, 9.17) is 9.72 Å². The molecule has 2 aromatic rings. The number of aliphatic hydroxyl groups is 1. The molecule has 2 N–H and O–H groups in total. The van der Waals surface area contributed by atoms with Gasteiger partial charge in [0.25, 0.3) is 0 Å². The van der Waals surface area contributed by atoms with E-state index in [1.165, 1.54) is 18.2 Å². The minimum atomic E-state index is -0.308. The molecule has 0 radical (unpaired) electrons. The standard InChI is InChI=1S/C23H32N4O3/c1-14(2)19-11-21(26-23(24-19)25-20(13-28)15(3)4)27-9-8-16-10-17(22(29)30-5)6-7-18(16)12-27/h6-7,10-11,14-15,20,28H,8-9,12-13H2,1-5H3,(H,24,25,26)/t20-/m1/s1. The molecule has 162 valence electrons. The van der Waals surface area contributed by atoms with Gasteiger partial charge in [0.1, 0.15) is 5.82 Å². The number of methoxy groups -OCH3 is 1. The lowest BCUT2D eigenvalue weighted by Crippen LogP contribution is -2.33. The molecule has 0 bridgehead atoms. The van der Waals surface area contributed by atoms with Crippen LogP contribution < -0.4 is 10.2 Å². The van der Waals surface area contributed by atoms with Crippen molar-refractivity contribution in [3.8, 4) is 0 Å².